The quantitative estimate of drug-likeness (QED) is 0.737. The Morgan fingerprint density at radius 2 is 1.50 bits per heavy atom. The van der Waals surface area contributed by atoms with Crippen molar-refractivity contribution >= 4 is 6.08 Å². The van der Waals surface area contributed by atoms with Crippen LogP contribution in [0.2, 0.25) is 0 Å². The van der Waals surface area contributed by atoms with Gasteiger partial charge in [0.2, 0.25) is 0 Å². The van der Waals surface area contributed by atoms with Gasteiger partial charge in [-0.15, -0.1) is 0 Å². The van der Waals surface area contributed by atoms with E-state index in [9.17, 15) is 0 Å². The van der Waals surface area contributed by atoms with E-state index in [0.717, 1.165) is 5.70 Å². The third-order valence-electron chi connectivity index (χ3n) is 1.84. The minimum Gasteiger partial charge on any atom is -0.392 e. The maximum atomic E-state index is 3.69. The fraction of sp³-hybridized carbons (Fsp3) is 0.412. The topological polar surface area (TPSA) is 12.0 Å². The van der Waals surface area contributed by atoms with Crippen molar-refractivity contribution in [2.45, 2.75) is 41.5 Å². The standard InChI is InChI=1S/C9H10.C4H9N.2C2H6/c1-3-9-7-5-4-6-8(9)2;1-4(2)5-3;2*1-2/h3-7H,1H2,2H3;5H,1H2,2-3H3;2*1-2H3. The molecule has 0 heterocycles. The summed E-state index contributed by atoms with van der Waals surface area (Å²) < 4.78 is 0. The Morgan fingerprint density at radius 1 is 1.11 bits per heavy atom. The van der Waals surface area contributed by atoms with Crippen LogP contribution in [0.4, 0.5) is 0 Å². The van der Waals surface area contributed by atoms with Crippen LogP contribution in [0.15, 0.2) is 43.1 Å². The minimum absolute atomic E-state index is 1.00. The molecule has 0 aliphatic carbocycles. The molecule has 0 aliphatic rings. The number of nitrogens with one attached hydrogen (secondary N) is 1. The predicted molar refractivity (Wildman–Crippen MR) is 87.8 cm³/mol. The normalized spacial score (nSPS) is 7.06. The van der Waals surface area contributed by atoms with E-state index in [1.807, 2.05) is 59.9 Å². The number of benzene rings is 1. The molecule has 0 fully saturated rings. The van der Waals surface area contributed by atoms with Gasteiger partial charge in [-0.3, -0.25) is 0 Å². The van der Waals surface area contributed by atoms with Crippen LogP contribution in [0.1, 0.15) is 45.7 Å². The van der Waals surface area contributed by atoms with Crippen molar-refractivity contribution in [2.75, 3.05) is 7.05 Å². The first-order chi connectivity index (χ1) is 8.61. The number of hydrogen-bond acceptors (Lipinski definition) is 1. The second-order valence-corrected chi connectivity index (χ2v) is 3.09. The molecule has 0 unspecified atom stereocenters. The van der Waals surface area contributed by atoms with Crippen molar-refractivity contribution < 1.29 is 0 Å². The van der Waals surface area contributed by atoms with Crippen LogP contribution in [0.3, 0.4) is 0 Å². The van der Waals surface area contributed by atoms with E-state index >= 15 is 0 Å². The van der Waals surface area contributed by atoms with E-state index < -0.39 is 0 Å². The van der Waals surface area contributed by atoms with Crippen molar-refractivity contribution in [3.8, 4) is 0 Å². The van der Waals surface area contributed by atoms with Gasteiger partial charge in [0.05, 0.1) is 0 Å². The van der Waals surface area contributed by atoms with E-state index in [1.54, 1.807) is 0 Å². The molecular weight excluding hydrogens is 218 g/mol. The van der Waals surface area contributed by atoms with Gasteiger partial charge in [0, 0.05) is 7.05 Å². The summed E-state index contributed by atoms with van der Waals surface area (Å²) in [6, 6.07) is 8.19. The average Bonchev–Trinajstić information content (AvgIpc) is 2.44. The van der Waals surface area contributed by atoms with Crippen LogP contribution in [0.25, 0.3) is 6.08 Å². The number of rotatable bonds is 2. The number of aryl methyl sites for hydroxylation is 1. The zero-order valence-electron chi connectivity index (χ0n) is 13.3. The smallest absolute Gasteiger partial charge is 0.00299 e. The molecule has 1 aromatic rings. The molecule has 104 valence electrons. The van der Waals surface area contributed by atoms with Gasteiger partial charge in [-0.25, -0.2) is 0 Å². The Balaban J connectivity index is -0.000000215. The second kappa shape index (κ2) is 17.9. The van der Waals surface area contributed by atoms with Gasteiger partial charge in [-0.05, 0) is 30.7 Å². The minimum atomic E-state index is 1.00. The third-order valence-corrected chi connectivity index (χ3v) is 1.84. The highest BCUT2D eigenvalue weighted by molar-refractivity contribution is 5.50. The fourth-order valence-corrected chi connectivity index (χ4v) is 0.816. The van der Waals surface area contributed by atoms with Gasteiger partial charge >= 0.3 is 0 Å². The summed E-state index contributed by atoms with van der Waals surface area (Å²) in [4.78, 5) is 0. The van der Waals surface area contributed by atoms with Crippen LogP contribution in [-0.2, 0) is 0 Å². The number of hydrogen-bond donors (Lipinski definition) is 1. The summed E-state index contributed by atoms with van der Waals surface area (Å²) in [6.07, 6.45) is 1.87. The first-order valence-corrected chi connectivity index (χ1v) is 6.63. The van der Waals surface area contributed by atoms with Gasteiger partial charge in [0.25, 0.3) is 0 Å². The molecule has 0 aromatic heterocycles. The Hall–Kier alpha value is -1.50. The molecule has 0 bridgehead atoms. The zero-order chi connectivity index (χ0) is 15.0. The molecule has 1 N–H and O–H groups in total. The summed E-state index contributed by atoms with van der Waals surface area (Å²) in [6.45, 7) is 19.3. The molecule has 1 heteroatoms. The van der Waals surface area contributed by atoms with Crippen LogP contribution in [-0.4, -0.2) is 7.05 Å². The maximum Gasteiger partial charge on any atom is 0.00299 e. The van der Waals surface area contributed by atoms with Gasteiger partial charge in [0.15, 0.2) is 0 Å². The summed E-state index contributed by atoms with van der Waals surface area (Å²) in [5.41, 5.74) is 3.51. The predicted octanol–water partition coefficient (Wildman–Crippen LogP) is 5.43. The van der Waals surface area contributed by atoms with Crippen molar-refractivity contribution in [3.05, 3.63) is 54.2 Å². The number of allylic oxidation sites excluding steroid dienone is 1. The highest BCUT2D eigenvalue weighted by Crippen LogP contribution is 2.06. The second-order valence-electron chi connectivity index (χ2n) is 3.09. The van der Waals surface area contributed by atoms with Crippen LogP contribution < -0.4 is 5.32 Å². The first kappa shape index (κ1) is 21.8. The van der Waals surface area contributed by atoms with Crippen molar-refractivity contribution in [2.24, 2.45) is 0 Å². The van der Waals surface area contributed by atoms with Crippen LogP contribution >= 0.6 is 0 Å². The molecule has 1 rings (SSSR count). The van der Waals surface area contributed by atoms with Crippen LogP contribution in [0.5, 0.6) is 0 Å². The Bertz CT molecular complexity index is 300. The molecule has 0 aliphatic heterocycles. The average molecular weight is 249 g/mol. The van der Waals surface area contributed by atoms with E-state index in [1.165, 1.54) is 11.1 Å². The van der Waals surface area contributed by atoms with E-state index in [0.29, 0.717) is 0 Å². The molecule has 0 saturated heterocycles. The van der Waals surface area contributed by atoms with Crippen molar-refractivity contribution in [3.63, 3.8) is 0 Å². The molecule has 0 amide bonds. The lowest BCUT2D eigenvalue weighted by Gasteiger charge is -1.95. The van der Waals surface area contributed by atoms with Gasteiger partial charge < -0.3 is 5.32 Å². The summed E-state index contributed by atoms with van der Waals surface area (Å²) in [7, 11) is 1.85. The lowest BCUT2D eigenvalue weighted by molar-refractivity contribution is 0.999. The molecule has 1 aromatic carbocycles. The van der Waals surface area contributed by atoms with Crippen molar-refractivity contribution in [1.29, 1.82) is 0 Å². The SMILES string of the molecule is C=C(C)NC.C=Cc1ccccc1C.CC.CC. The van der Waals surface area contributed by atoms with Gasteiger partial charge in [-0.2, -0.15) is 0 Å². The molecule has 0 atom stereocenters. The van der Waals surface area contributed by atoms with E-state index in [4.69, 9.17) is 0 Å². The van der Waals surface area contributed by atoms with Gasteiger partial charge in [-0.1, -0.05) is 71.2 Å². The third kappa shape index (κ3) is 14.5. The molecule has 0 spiro atoms. The summed E-state index contributed by atoms with van der Waals surface area (Å²) in [5.74, 6) is 0. The summed E-state index contributed by atoms with van der Waals surface area (Å²) in [5, 5.41) is 2.83. The molecule has 1 nitrogen and oxygen atoms in total. The molecule has 18 heavy (non-hydrogen) atoms. The van der Waals surface area contributed by atoms with Crippen molar-refractivity contribution in [1.82, 2.24) is 5.32 Å². The van der Waals surface area contributed by atoms with E-state index in [2.05, 4.69) is 37.5 Å². The van der Waals surface area contributed by atoms with Gasteiger partial charge in [0.1, 0.15) is 0 Å². The lowest BCUT2D eigenvalue weighted by atomic mass is 10.1. The first-order valence-electron chi connectivity index (χ1n) is 6.63. The van der Waals surface area contributed by atoms with Crippen LogP contribution in [0, 0.1) is 6.92 Å². The highest BCUT2D eigenvalue weighted by Gasteiger charge is 1.86. The Morgan fingerprint density at radius 3 is 1.72 bits per heavy atom. The highest BCUT2D eigenvalue weighted by atomic mass is 14.8. The molecule has 0 saturated carbocycles. The molecule has 0 radical (unpaired) electrons. The largest absolute Gasteiger partial charge is 0.392 e. The zero-order valence-corrected chi connectivity index (χ0v) is 13.3. The fourth-order valence-electron chi connectivity index (χ4n) is 0.816. The van der Waals surface area contributed by atoms with E-state index in [-0.39, 0.29) is 0 Å². The monoisotopic (exact) mass is 249 g/mol. The maximum absolute atomic E-state index is 3.69. The Labute approximate surface area is 115 Å². The Kier molecular flexibility index (Phi) is 21.6. The molecular formula is C17H31N. The summed E-state index contributed by atoms with van der Waals surface area (Å²) >= 11 is 0. The lowest BCUT2D eigenvalue weighted by Crippen LogP contribution is -1.98.